The first-order valence-corrected chi connectivity index (χ1v) is 8.78. The first-order chi connectivity index (χ1) is 9.79. The summed E-state index contributed by atoms with van der Waals surface area (Å²) in [4.78, 5) is 0. The molecular weight excluding hydrogens is 316 g/mol. The lowest BCUT2D eigenvalue weighted by Gasteiger charge is -2.13. The summed E-state index contributed by atoms with van der Waals surface area (Å²) in [7, 11) is 0. The smallest absolute Gasteiger partial charge is 0.136 e. The second-order valence-corrected chi connectivity index (χ2v) is 6.32. The third-order valence-corrected chi connectivity index (χ3v) is 4.41. The zero-order chi connectivity index (χ0) is 14.6. The molecule has 0 aliphatic heterocycles. The molecule has 3 nitrogen and oxygen atoms in total. The van der Waals surface area contributed by atoms with Gasteiger partial charge in [0, 0.05) is 0 Å². The number of hydrazine groups is 1. The summed E-state index contributed by atoms with van der Waals surface area (Å²) in [5, 5.41) is 0. The van der Waals surface area contributed by atoms with E-state index in [2.05, 4.69) is 28.3 Å². The SMILES string of the molecule is CCCCCCCCCCCC(NN)c1occc1Br. The first-order valence-electron chi connectivity index (χ1n) is 7.98. The molecule has 1 aromatic heterocycles. The summed E-state index contributed by atoms with van der Waals surface area (Å²) in [5.41, 5.74) is 2.85. The van der Waals surface area contributed by atoms with Crippen molar-refractivity contribution < 1.29 is 4.42 Å². The largest absolute Gasteiger partial charge is 0.466 e. The predicted molar refractivity (Wildman–Crippen MR) is 88.3 cm³/mol. The molecule has 0 saturated heterocycles. The van der Waals surface area contributed by atoms with E-state index in [4.69, 9.17) is 10.3 Å². The van der Waals surface area contributed by atoms with E-state index in [1.54, 1.807) is 6.26 Å². The molecule has 0 aromatic carbocycles. The first kappa shape index (κ1) is 17.7. The molecule has 0 amide bonds. The van der Waals surface area contributed by atoms with E-state index in [1.165, 1.54) is 57.8 Å². The number of furan rings is 1. The summed E-state index contributed by atoms with van der Waals surface area (Å²) in [6.45, 7) is 2.26. The van der Waals surface area contributed by atoms with Gasteiger partial charge in [-0.1, -0.05) is 64.7 Å². The van der Waals surface area contributed by atoms with Gasteiger partial charge in [0.25, 0.3) is 0 Å². The fourth-order valence-corrected chi connectivity index (χ4v) is 2.98. The molecule has 4 heteroatoms. The quantitative estimate of drug-likeness (QED) is 0.300. The Kier molecular flexibility index (Phi) is 10.1. The minimum atomic E-state index is 0.115. The van der Waals surface area contributed by atoms with Gasteiger partial charge in [-0.15, -0.1) is 0 Å². The molecule has 0 spiro atoms. The van der Waals surface area contributed by atoms with Crippen LogP contribution in [-0.4, -0.2) is 0 Å². The van der Waals surface area contributed by atoms with Crippen LogP contribution in [0.15, 0.2) is 21.2 Å². The Morgan fingerprint density at radius 1 is 1.10 bits per heavy atom. The van der Waals surface area contributed by atoms with Gasteiger partial charge >= 0.3 is 0 Å². The number of hydrogen-bond donors (Lipinski definition) is 2. The average Bonchev–Trinajstić information content (AvgIpc) is 2.87. The van der Waals surface area contributed by atoms with Gasteiger partial charge in [-0.3, -0.25) is 5.84 Å². The van der Waals surface area contributed by atoms with Crippen LogP contribution >= 0.6 is 15.9 Å². The zero-order valence-corrected chi connectivity index (χ0v) is 14.3. The van der Waals surface area contributed by atoms with Crippen molar-refractivity contribution in [2.75, 3.05) is 0 Å². The summed E-state index contributed by atoms with van der Waals surface area (Å²) in [5.74, 6) is 6.52. The molecule has 1 rings (SSSR count). The van der Waals surface area contributed by atoms with E-state index < -0.39 is 0 Å². The van der Waals surface area contributed by atoms with Crippen LogP contribution < -0.4 is 11.3 Å². The van der Waals surface area contributed by atoms with Crippen molar-refractivity contribution >= 4 is 15.9 Å². The lowest BCUT2D eigenvalue weighted by atomic mass is 10.0. The predicted octanol–water partition coefficient (Wildman–Crippen LogP) is 5.47. The topological polar surface area (TPSA) is 51.2 Å². The lowest BCUT2D eigenvalue weighted by Crippen LogP contribution is -2.27. The molecule has 0 aliphatic rings. The monoisotopic (exact) mass is 344 g/mol. The average molecular weight is 345 g/mol. The molecular formula is C16H29BrN2O. The summed E-state index contributed by atoms with van der Waals surface area (Å²) < 4.78 is 6.46. The molecule has 1 heterocycles. The van der Waals surface area contributed by atoms with E-state index >= 15 is 0 Å². The lowest BCUT2D eigenvalue weighted by molar-refractivity contribution is 0.386. The molecule has 3 N–H and O–H groups in total. The Hall–Kier alpha value is -0.320. The fraction of sp³-hybridized carbons (Fsp3) is 0.750. The van der Waals surface area contributed by atoms with E-state index in [-0.39, 0.29) is 6.04 Å². The van der Waals surface area contributed by atoms with Crippen molar-refractivity contribution in [2.45, 2.75) is 77.2 Å². The van der Waals surface area contributed by atoms with Crippen molar-refractivity contribution in [3.63, 3.8) is 0 Å². The van der Waals surface area contributed by atoms with Gasteiger partial charge in [0.15, 0.2) is 0 Å². The third kappa shape index (κ3) is 6.91. The molecule has 0 bridgehead atoms. The van der Waals surface area contributed by atoms with Crippen molar-refractivity contribution in [1.82, 2.24) is 5.43 Å². The minimum Gasteiger partial charge on any atom is -0.466 e. The van der Waals surface area contributed by atoms with Crippen molar-refractivity contribution in [3.05, 3.63) is 22.6 Å². The third-order valence-electron chi connectivity index (χ3n) is 3.76. The number of rotatable bonds is 12. The van der Waals surface area contributed by atoms with E-state index in [0.29, 0.717) is 0 Å². The minimum absolute atomic E-state index is 0.115. The van der Waals surface area contributed by atoms with Gasteiger partial charge in [0.2, 0.25) is 0 Å². The summed E-state index contributed by atoms with van der Waals surface area (Å²) >= 11 is 3.48. The Morgan fingerprint density at radius 2 is 1.70 bits per heavy atom. The Bertz CT molecular complexity index is 341. The van der Waals surface area contributed by atoms with Gasteiger partial charge < -0.3 is 4.42 Å². The highest BCUT2D eigenvalue weighted by Gasteiger charge is 2.15. The molecule has 1 atom stereocenters. The van der Waals surface area contributed by atoms with Crippen molar-refractivity contribution in [3.8, 4) is 0 Å². The molecule has 0 fully saturated rings. The molecule has 0 saturated carbocycles. The van der Waals surface area contributed by atoms with Crippen LogP contribution in [0.25, 0.3) is 0 Å². The molecule has 0 radical (unpaired) electrons. The van der Waals surface area contributed by atoms with Crippen molar-refractivity contribution in [1.29, 1.82) is 0 Å². The second-order valence-electron chi connectivity index (χ2n) is 5.47. The highest BCUT2D eigenvalue weighted by atomic mass is 79.9. The highest BCUT2D eigenvalue weighted by molar-refractivity contribution is 9.10. The van der Waals surface area contributed by atoms with Crippen LogP contribution in [-0.2, 0) is 0 Å². The summed E-state index contributed by atoms with van der Waals surface area (Å²) in [6.07, 6.45) is 14.8. The molecule has 0 aliphatic carbocycles. The molecule has 1 aromatic rings. The second kappa shape index (κ2) is 11.4. The standard InChI is InChI=1S/C16H29BrN2O/c1-2-3-4-5-6-7-8-9-10-11-15(19-18)16-14(17)12-13-20-16/h12-13,15,19H,2-11,18H2,1H3. The van der Waals surface area contributed by atoms with Crippen molar-refractivity contribution in [2.24, 2.45) is 5.84 Å². The maximum absolute atomic E-state index is 5.61. The number of halogens is 1. The van der Waals surface area contributed by atoms with Gasteiger partial charge in [-0.2, -0.15) is 0 Å². The van der Waals surface area contributed by atoms with E-state index in [0.717, 1.165) is 16.7 Å². The molecule has 1 unspecified atom stereocenters. The number of unbranched alkanes of at least 4 members (excludes halogenated alkanes) is 8. The molecule has 20 heavy (non-hydrogen) atoms. The molecule has 116 valence electrons. The van der Waals surface area contributed by atoms with Gasteiger partial charge in [0.05, 0.1) is 16.8 Å². The van der Waals surface area contributed by atoms with E-state index in [9.17, 15) is 0 Å². The Balaban J connectivity index is 2.04. The number of hydrogen-bond acceptors (Lipinski definition) is 3. The van der Waals surface area contributed by atoms with Crippen LogP contribution in [0, 0.1) is 0 Å². The maximum atomic E-state index is 5.61. The van der Waals surface area contributed by atoms with Gasteiger partial charge in [-0.05, 0) is 28.4 Å². The zero-order valence-electron chi connectivity index (χ0n) is 12.7. The van der Waals surface area contributed by atoms with Gasteiger partial charge in [0.1, 0.15) is 5.76 Å². The Morgan fingerprint density at radius 3 is 2.20 bits per heavy atom. The normalized spacial score (nSPS) is 12.8. The van der Waals surface area contributed by atoms with Crippen LogP contribution in [0.4, 0.5) is 0 Å². The number of nitrogens with one attached hydrogen (secondary N) is 1. The van der Waals surface area contributed by atoms with Crippen LogP contribution in [0.2, 0.25) is 0 Å². The maximum Gasteiger partial charge on any atom is 0.136 e. The highest BCUT2D eigenvalue weighted by Crippen LogP contribution is 2.27. The van der Waals surface area contributed by atoms with Crippen LogP contribution in [0.3, 0.4) is 0 Å². The van der Waals surface area contributed by atoms with E-state index in [1.807, 2.05) is 6.07 Å². The summed E-state index contributed by atoms with van der Waals surface area (Å²) in [6, 6.07) is 2.03. The fourth-order valence-electron chi connectivity index (χ4n) is 2.50. The number of nitrogens with two attached hydrogens (primary N) is 1. The van der Waals surface area contributed by atoms with Gasteiger partial charge in [-0.25, -0.2) is 5.43 Å². The van der Waals surface area contributed by atoms with Crippen LogP contribution in [0.5, 0.6) is 0 Å². The van der Waals surface area contributed by atoms with Crippen LogP contribution in [0.1, 0.15) is 82.9 Å². The Labute approximate surface area is 131 Å².